The van der Waals surface area contributed by atoms with E-state index in [-0.39, 0.29) is 0 Å². The molecule has 1 aliphatic carbocycles. The molecule has 0 aromatic carbocycles. The number of carboxylic acid groups (broad SMARTS) is 1. The molecule has 0 aromatic heterocycles. The summed E-state index contributed by atoms with van der Waals surface area (Å²) >= 11 is 0. The Morgan fingerprint density at radius 2 is 1.93 bits per heavy atom. The molecule has 0 unspecified atom stereocenters. The Labute approximate surface area is 91.6 Å². The normalized spacial score (nSPS) is 19.6. The van der Waals surface area contributed by atoms with E-state index in [1.807, 2.05) is 6.92 Å². The van der Waals surface area contributed by atoms with Crippen molar-refractivity contribution in [3.63, 3.8) is 0 Å². The second kappa shape index (κ2) is 5.79. The minimum absolute atomic E-state index is 0.461. The molecule has 0 radical (unpaired) electrons. The summed E-state index contributed by atoms with van der Waals surface area (Å²) in [6.45, 7) is 3.68. The van der Waals surface area contributed by atoms with Crippen molar-refractivity contribution in [1.82, 2.24) is 5.32 Å². The van der Waals surface area contributed by atoms with E-state index in [1.54, 1.807) is 6.92 Å². The van der Waals surface area contributed by atoms with Gasteiger partial charge in [0.05, 0.1) is 5.57 Å². The minimum atomic E-state index is -0.810. The van der Waals surface area contributed by atoms with E-state index in [0.29, 0.717) is 11.6 Å². The van der Waals surface area contributed by atoms with Crippen molar-refractivity contribution in [3.8, 4) is 0 Å². The first-order valence-corrected chi connectivity index (χ1v) is 5.84. The molecule has 86 valence electrons. The van der Waals surface area contributed by atoms with Gasteiger partial charge in [-0.15, -0.1) is 0 Å². The zero-order chi connectivity index (χ0) is 11.3. The van der Waals surface area contributed by atoms with Crippen LogP contribution in [0.2, 0.25) is 0 Å². The van der Waals surface area contributed by atoms with E-state index < -0.39 is 5.97 Å². The average Bonchev–Trinajstić information content (AvgIpc) is 2.26. The fourth-order valence-corrected chi connectivity index (χ4v) is 2.10. The summed E-state index contributed by atoms with van der Waals surface area (Å²) in [6, 6.07) is 0.489. The monoisotopic (exact) mass is 211 g/mol. The third-order valence-electron chi connectivity index (χ3n) is 3.11. The Morgan fingerprint density at radius 1 is 1.33 bits per heavy atom. The second-order valence-electron chi connectivity index (χ2n) is 4.24. The van der Waals surface area contributed by atoms with Crippen LogP contribution in [0.3, 0.4) is 0 Å². The van der Waals surface area contributed by atoms with Crippen molar-refractivity contribution in [2.24, 2.45) is 0 Å². The van der Waals surface area contributed by atoms with E-state index in [9.17, 15) is 4.79 Å². The van der Waals surface area contributed by atoms with Crippen LogP contribution in [0.15, 0.2) is 11.3 Å². The minimum Gasteiger partial charge on any atom is -0.478 e. The maximum atomic E-state index is 10.8. The van der Waals surface area contributed by atoms with Crippen LogP contribution in [0, 0.1) is 0 Å². The van der Waals surface area contributed by atoms with E-state index in [0.717, 1.165) is 12.1 Å². The van der Waals surface area contributed by atoms with Crippen molar-refractivity contribution < 1.29 is 9.90 Å². The molecule has 0 aliphatic heterocycles. The van der Waals surface area contributed by atoms with Gasteiger partial charge in [-0.05, 0) is 26.2 Å². The number of nitrogens with one attached hydrogen (secondary N) is 1. The average molecular weight is 211 g/mol. The molecule has 15 heavy (non-hydrogen) atoms. The lowest BCUT2D eigenvalue weighted by Gasteiger charge is -2.25. The molecule has 0 amide bonds. The van der Waals surface area contributed by atoms with Gasteiger partial charge >= 0.3 is 5.97 Å². The summed E-state index contributed by atoms with van der Waals surface area (Å²) in [4.78, 5) is 10.8. The number of carbonyl (C=O) groups is 1. The van der Waals surface area contributed by atoms with E-state index >= 15 is 0 Å². The van der Waals surface area contributed by atoms with Crippen LogP contribution >= 0.6 is 0 Å². The highest BCUT2D eigenvalue weighted by molar-refractivity contribution is 5.86. The van der Waals surface area contributed by atoms with E-state index in [1.165, 1.54) is 32.1 Å². The number of hydrogen-bond acceptors (Lipinski definition) is 2. The highest BCUT2D eigenvalue weighted by atomic mass is 16.4. The SMILES string of the molecule is CC/C(NC1CCCCC1)=C(/C)C(=O)O. The zero-order valence-electron chi connectivity index (χ0n) is 9.68. The first-order valence-electron chi connectivity index (χ1n) is 5.84. The lowest BCUT2D eigenvalue weighted by Crippen LogP contribution is -2.31. The Kier molecular flexibility index (Phi) is 4.66. The molecule has 1 fully saturated rings. The quantitative estimate of drug-likeness (QED) is 0.703. The van der Waals surface area contributed by atoms with Gasteiger partial charge in [0.15, 0.2) is 0 Å². The molecule has 0 bridgehead atoms. The van der Waals surface area contributed by atoms with Crippen LogP contribution in [0.4, 0.5) is 0 Å². The van der Waals surface area contributed by atoms with E-state index in [4.69, 9.17) is 5.11 Å². The van der Waals surface area contributed by atoms with Gasteiger partial charge < -0.3 is 10.4 Å². The van der Waals surface area contributed by atoms with Crippen molar-refractivity contribution in [1.29, 1.82) is 0 Å². The van der Waals surface area contributed by atoms with Gasteiger partial charge in [-0.2, -0.15) is 0 Å². The summed E-state index contributed by atoms with van der Waals surface area (Å²) in [6.07, 6.45) is 6.98. The number of rotatable bonds is 4. The summed E-state index contributed by atoms with van der Waals surface area (Å²) in [5, 5.41) is 12.3. The maximum absolute atomic E-state index is 10.8. The molecular weight excluding hydrogens is 190 g/mol. The lowest BCUT2D eigenvalue weighted by atomic mass is 9.95. The topological polar surface area (TPSA) is 49.3 Å². The summed E-state index contributed by atoms with van der Waals surface area (Å²) in [5.74, 6) is -0.810. The third-order valence-corrected chi connectivity index (χ3v) is 3.11. The van der Waals surface area contributed by atoms with Gasteiger partial charge in [0.2, 0.25) is 0 Å². The number of hydrogen-bond donors (Lipinski definition) is 2. The molecule has 0 atom stereocenters. The maximum Gasteiger partial charge on any atom is 0.333 e. The largest absolute Gasteiger partial charge is 0.478 e. The number of carboxylic acids is 1. The molecule has 3 heteroatoms. The predicted molar refractivity (Wildman–Crippen MR) is 60.6 cm³/mol. The molecule has 0 spiro atoms. The third kappa shape index (κ3) is 3.57. The molecule has 1 rings (SSSR count). The summed E-state index contributed by atoms with van der Waals surface area (Å²) < 4.78 is 0. The number of allylic oxidation sites excluding steroid dienone is 1. The van der Waals surface area contributed by atoms with Crippen molar-refractivity contribution in [2.75, 3.05) is 0 Å². The highest BCUT2D eigenvalue weighted by Crippen LogP contribution is 2.19. The fraction of sp³-hybridized carbons (Fsp3) is 0.750. The molecular formula is C12H21NO2. The molecule has 2 N–H and O–H groups in total. The second-order valence-corrected chi connectivity index (χ2v) is 4.24. The smallest absolute Gasteiger partial charge is 0.333 e. The van der Waals surface area contributed by atoms with Crippen LogP contribution in [0.25, 0.3) is 0 Å². The summed E-state index contributed by atoms with van der Waals surface area (Å²) in [7, 11) is 0. The van der Waals surface area contributed by atoms with Gasteiger partial charge in [0.1, 0.15) is 0 Å². The van der Waals surface area contributed by atoms with Crippen LogP contribution in [-0.4, -0.2) is 17.1 Å². The number of aliphatic carboxylic acids is 1. The summed E-state index contributed by atoms with van der Waals surface area (Å²) in [5.41, 5.74) is 1.36. The van der Waals surface area contributed by atoms with Crippen LogP contribution in [0.1, 0.15) is 52.4 Å². The van der Waals surface area contributed by atoms with Gasteiger partial charge in [0.25, 0.3) is 0 Å². The van der Waals surface area contributed by atoms with Crippen LogP contribution in [0.5, 0.6) is 0 Å². The van der Waals surface area contributed by atoms with Gasteiger partial charge in [-0.25, -0.2) is 4.79 Å². The van der Waals surface area contributed by atoms with Crippen LogP contribution in [-0.2, 0) is 4.79 Å². The molecule has 0 aromatic rings. The molecule has 1 aliphatic rings. The fourth-order valence-electron chi connectivity index (χ4n) is 2.10. The van der Waals surface area contributed by atoms with Gasteiger partial charge in [-0.1, -0.05) is 26.2 Å². The lowest BCUT2D eigenvalue weighted by molar-refractivity contribution is -0.132. The first kappa shape index (κ1) is 12.1. The Bertz CT molecular complexity index is 252. The standard InChI is InChI=1S/C12H21NO2/c1-3-11(9(2)12(14)15)13-10-7-5-4-6-8-10/h10,13H,3-8H2,1-2H3,(H,14,15)/b11-9+. The Balaban J connectivity index is 2.59. The highest BCUT2D eigenvalue weighted by Gasteiger charge is 2.15. The van der Waals surface area contributed by atoms with Crippen molar-refractivity contribution >= 4 is 5.97 Å². The molecule has 3 nitrogen and oxygen atoms in total. The molecule has 1 saturated carbocycles. The molecule has 0 heterocycles. The van der Waals surface area contributed by atoms with E-state index in [2.05, 4.69) is 5.32 Å². The Hall–Kier alpha value is -0.990. The predicted octanol–water partition coefficient (Wildman–Crippen LogP) is 2.68. The molecule has 0 saturated heterocycles. The van der Waals surface area contributed by atoms with Crippen molar-refractivity contribution in [3.05, 3.63) is 11.3 Å². The van der Waals surface area contributed by atoms with Crippen LogP contribution < -0.4 is 5.32 Å². The van der Waals surface area contributed by atoms with Crippen molar-refractivity contribution in [2.45, 2.75) is 58.4 Å². The zero-order valence-corrected chi connectivity index (χ0v) is 9.68. The van der Waals surface area contributed by atoms with Gasteiger partial charge in [-0.3, -0.25) is 0 Å². The van der Waals surface area contributed by atoms with Gasteiger partial charge in [0, 0.05) is 11.7 Å². The first-order chi connectivity index (χ1) is 7.15. The Morgan fingerprint density at radius 3 is 2.40 bits per heavy atom.